The van der Waals surface area contributed by atoms with Crippen molar-refractivity contribution in [3.05, 3.63) is 29.3 Å². The van der Waals surface area contributed by atoms with Gasteiger partial charge in [-0.15, -0.1) is 0 Å². The fourth-order valence-corrected chi connectivity index (χ4v) is 4.06. The van der Waals surface area contributed by atoms with Gasteiger partial charge in [0, 0.05) is 31.9 Å². The molecular formula is C18H26N6O3. The van der Waals surface area contributed by atoms with Crippen LogP contribution in [0.25, 0.3) is 0 Å². The zero-order valence-electron chi connectivity index (χ0n) is 15.9. The summed E-state index contributed by atoms with van der Waals surface area (Å²) >= 11 is 0. The number of ether oxygens (including phenoxy) is 1. The Bertz CT molecular complexity index is 782. The van der Waals surface area contributed by atoms with E-state index in [1.54, 1.807) is 11.6 Å². The van der Waals surface area contributed by atoms with E-state index in [1.165, 1.54) is 19.3 Å². The van der Waals surface area contributed by atoms with Crippen LogP contribution in [0.2, 0.25) is 0 Å². The van der Waals surface area contributed by atoms with Crippen molar-refractivity contribution < 1.29 is 14.2 Å². The second-order valence-electron chi connectivity index (χ2n) is 7.36. The summed E-state index contributed by atoms with van der Waals surface area (Å²) in [5.74, 6) is -0.172. The lowest BCUT2D eigenvalue weighted by molar-refractivity contribution is -0.0744. The van der Waals surface area contributed by atoms with E-state index in [2.05, 4.69) is 20.3 Å². The summed E-state index contributed by atoms with van der Waals surface area (Å²) in [5.41, 5.74) is 1.74. The zero-order chi connectivity index (χ0) is 18.8. The van der Waals surface area contributed by atoms with Crippen LogP contribution in [0.5, 0.6) is 0 Å². The Morgan fingerprint density at radius 3 is 2.70 bits per heavy atom. The van der Waals surface area contributed by atoms with Crippen molar-refractivity contribution in [3.63, 3.8) is 0 Å². The number of amides is 1. The maximum Gasteiger partial charge on any atom is 0.278 e. The Labute approximate surface area is 158 Å². The van der Waals surface area contributed by atoms with E-state index >= 15 is 0 Å². The highest BCUT2D eigenvalue weighted by atomic mass is 16.6. The molecule has 2 fully saturated rings. The van der Waals surface area contributed by atoms with Gasteiger partial charge in [-0.25, -0.2) is 4.63 Å². The first kappa shape index (κ1) is 18.1. The molecule has 0 N–H and O–H groups in total. The highest BCUT2D eigenvalue weighted by Gasteiger charge is 2.39. The van der Waals surface area contributed by atoms with Crippen LogP contribution in [0.4, 0.5) is 0 Å². The number of aromatic nitrogens is 4. The molecule has 2 atom stereocenters. The second kappa shape index (κ2) is 7.77. The van der Waals surface area contributed by atoms with Crippen LogP contribution >= 0.6 is 0 Å². The number of likely N-dealkylation sites (tertiary alicyclic amines) is 1. The molecule has 9 nitrogen and oxygen atoms in total. The van der Waals surface area contributed by atoms with Crippen molar-refractivity contribution in [3.8, 4) is 0 Å². The molecule has 2 aliphatic heterocycles. The first-order valence-corrected chi connectivity index (χ1v) is 9.56. The lowest BCUT2D eigenvalue weighted by atomic mass is 9.98. The van der Waals surface area contributed by atoms with Crippen molar-refractivity contribution in [2.75, 3.05) is 32.8 Å². The van der Waals surface area contributed by atoms with Crippen molar-refractivity contribution in [1.29, 1.82) is 0 Å². The average Bonchev–Trinajstić information content (AvgIpc) is 3.30. The standard InChI is InChI=1S/C18H26N6O3/c1-13-16(21-27-20-13)18(25)24-8-9-26-15(12-23-6-4-3-5-7-23)17(24)14-10-19-22(2)11-14/h10-11,15,17H,3-9,12H2,1-2H3/t15-,17-/m0/s1. The fraction of sp³-hybridized carbons (Fsp3) is 0.667. The van der Waals surface area contributed by atoms with Crippen LogP contribution in [0, 0.1) is 6.92 Å². The smallest absolute Gasteiger partial charge is 0.278 e. The summed E-state index contributed by atoms with van der Waals surface area (Å²) < 4.78 is 12.7. The topological polar surface area (TPSA) is 89.5 Å². The fourth-order valence-electron chi connectivity index (χ4n) is 4.06. The monoisotopic (exact) mass is 374 g/mol. The number of hydrogen-bond acceptors (Lipinski definition) is 7. The highest BCUT2D eigenvalue weighted by molar-refractivity contribution is 5.93. The molecule has 2 saturated heterocycles. The third kappa shape index (κ3) is 3.74. The number of hydrogen-bond donors (Lipinski definition) is 0. The summed E-state index contributed by atoms with van der Waals surface area (Å²) in [5, 5.41) is 11.9. The minimum atomic E-state index is -0.210. The van der Waals surface area contributed by atoms with Gasteiger partial charge in [0.15, 0.2) is 5.69 Å². The Hall–Kier alpha value is -2.26. The van der Waals surface area contributed by atoms with Crippen LogP contribution in [0.15, 0.2) is 17.0 Å². The highest BCUT2D eigenvalue weighted by Crippen LogP contribution is 2.32. The van der Waals surface area contributed by atoms with Crippen molar-refractivity contribution in [1.82, 2.24) is 29.9 Å². The van der Waals surface area contributed by atoms with Crippen LogP contribution < -0.4 is 0 Å². The molecule has 1 amide bonds. The van der Waals surface area contributed by atoms with E-state index in [-0.39, 0.29) is 23.7 Å². The molecule has 9 heteroatoms. The molecule has 2 aromatic heterocycles. The second-order valence-corrected chi connectivity index (χ2v) is 7.36. The lowest BCUT2D eigenvalue weighted by Gasteiger charge is -2.42. The lowest BCUT2D eigenvalue weighted by Crippen LogP contribution is -2.52. The molecule has 27 heavy (non-hydrogen) atoms. The van der Waals surface area contributed by atoms with Crippen LogP contribution in [-0.4, -0.2) is 74.7 Å². The summed E-state index contributed by atoms with van der Waals surface area (Å²) in [6.45, 7) is 5.71. The van der Waals surface area contributed by atoms with Crippen molar-refractivity contribution >= 4 is 5.91 Å². The van der Waals surface area contributed by atoms with Crippen LogP contribution in [0.1, 0.15) is 47.1 Å². The first-order valence-electron chi connectivity index (χ1n) is 9.56. The Morgan fingerprint density at radius 1 is 1.22 bits per heavy atom. The van der Waals surface area contributed by atoms with Crippen molar-refractivity contribution in [2.24, 2.45) is 7.05 Å². The van der Waals surface area contributed by atoms with E-state index < -0.39 is 0 Å². The van der Waals surface area contributed by atoms with Gasteiger partial charge in [0.2, 0.25) is 0 Å². The minimum Gasteiger partial charge on any atom is -0.373 e. The molecule has 0 aromatic carbocycles. The van der Waals surface area contributed by atoms with Crippen LogP contribution in [0.3, 0.4) is 0 Å². The Balaban J connectivity index is 1.62. The SMILES string of the molecule is Cc1nonc1C(=O)N1CCO[C@@H](CN2CCCCC2)[C@@H]1c1cnn(C)c1. The van der Waals surface area contributed by atoms with Crippen LogP contribution in [-0.2, 0) is 11.8 Å². The van der Waals surface area contributed by atoms with E-state index in [1.807, 2.05) is 24.3 Å². The molecule has 0 unspecified atom stereocenters. The molecule has 0 saturated carbocycles. The number of morpholine rings is 1. The quantitative estimate of drug-likeness (QED) is 0.794. The van der Waals surface area contributed by atoms with Gasteiger partial charge in [0.05, 0.1) is 24.9 Å². The first-order chi connectivity index (χ1) is 13.1. The van der Waals surface area contributed by atoms with E-state index in [4.69, 9.17) is 9.37 Å². The zero-order valence-corrected chi connectivity index (χ0v) is 15.9. The maximum atomic E-state index is 13.2. The number of aryl methyl sites for hydroxylation is 2. The normalized spacial score (nSPS) is 24.3. The molecule has 0 spiro atoms. The van der Waals surface area contributed by atoms with Gasteiger partial charge in [-0.2, -0.15) is 5.10 Å². The van der Waals surface area contributed by atoms with Gasteiger partial charge in [-0.1, -0.05) is 11.6 Å². The van der Waals surface area contributed by atoms with Gasteiger partial charge < -0.3 is 14.5 Å². The molecule has 2 aliphatic rings. The van der Waals surface area contributed by atoms with Crippen molar-refractivity contribution in [2.45, 2.75) is 38.3 Å². The molecule has 146 valence electrons. The molecular weight excluding hydrogens is 348 g/mol. The number of carbonyl (C=O) groups excluding carboxylic acids is 1. The number of piperidine rings is 1. The molecule has 2 aromatic rings. The van der Waals surface area contributed by atoms with E-state index in [9.17, 15) is 4.79 Å². The molecule has 4 heterocycles. The summed E-state index contributed by atoms with van der Waals surface area (Å²) in [6, 6.07) is -0.210. The third-order valence-corrected chi connectivity index (χ3v) is 5.42. The van der Waals surface area contributed by atoms with Gasteiger partial charge in [-0.3, -0.25) is 9.48 Å². The molecule has 4 rings (SSSR count). The summed E-state index contributed by atoms with van der Waals surface area (Å²) in [4.78, 5) is 17.5. The minimum absolute atomic E-state index is 0.106. The molecule has 0 bridgehead atoms. The predicted octanol–water partition coefficient (Wildman–Crippen LogP) is 1.18. The summed E-state index contributed by atoms with van der Waals surface area (Å²) in [6.07, 6.45) is 7.39. The maximum absolute atomic E-state index is 13.2. The number of carbonyl (C=O) groups is 1. The van der Waals surface area contributed by atoms with E-state index in [0.717, 1.165) is 25.2 Å². The molecule has 0 aliphatic carbocycles. The largest absolute Gasteiger partial charge is 0.373 e. The van der Waals surface area contributed by atoms with Gasteiger partial charge in [-0.05, 0) is 38.0 Å². The predicted molar refractivity (Wildman–Crippen MR) is 96.1 cm³/mol. The van der Waals surface area contributed by atoms with Gasteiger partial charge in [0.1, 0.15) is 5.69 Å². The van der Waals surface area contributed by atoms with E-state index in [0.29, 0.717) is 18.8 Å². The summed E-state index contributed by atoms with van der Waals surface area (Å²) in [7, 11) is 1.88. The molecule has 0 radical (unpaired) electrons. The number of nitrogens with zero attached hydrogens (tertiary/aromatic N) is 6. The van der Waals surface area contributed by atoms with Gasteiger partial charge in [0.25, 0.3) is 5.91 Å². The Morgan fingerprint density at radius 2 is 2.04 bits per heavy atom. The third-order valence-electron chi connectivity index (χ3n) is 5.42. The Kier molecular flexibility index (Phi) is 5.22. The van der Waals surface area contributed by atoms with Gasteiger partial charge >= 0.3 is 0 Å². The number of rotatable bonds is 4. The average molecular weight is 374 g/mol.